The SMILES string of the molecule is CCCC(=O)NCCOCCOCCOCCOCCC(=O)NCCCNC(C)C.[HH].[HH].[HH]. The molecule has 0 spiro atoms. The minimum atomic E-state index is 0. The number of ether oxygens (including phenoxy) is 4. The van der Waals surface area contributed by atoms with Crippen molar-refractivity contribution in [2.24, 2.45) is 0 Å². The Labute approximate surface area is 186 Å². The first-order chi connectivity index (χ1) is 14.6. The lowest BCUT2D eigenvalue weighted by Crippen LogP contribution is -2.30. The fourth-order valence-corrected chi connectivity index (χ4v) is 2.30. The molecule has 0 fully saturated rings. The van der Waals surface area contributed by atoms with Crippen molar-refractivity contribution in [2.75, 3.05) is 72.5 Å². The van der Waals surface area contributed by atoms with Gasteiger partial charge >= 0.3 is 0 Å². The Kier molecular flexibility index (Phi) is 21.5. The van der Waals surface area contributed by atoms with Gasteiger partial charge in [-0.15, -0.1) is 0 Å². The third-order valence-corrected chi connectivity index (χ3v) is 3.86. The molecule has 3 N–H and O–H groups in total. The van der Waals surface area contributed by atoms with E-state index in [1.54, 1.807) is 0 Å². The van der Waals surface area contributed by atoms with E-state index in [9.17, 15) is 9.59 Å². The Morgan fingerprint density at radius 1 is 0.700 bits per heavy atom. The molecule has 2 amide bonds. The predicted molar refractivity (Wildman–Crippen MR) is 123 cm³/mol. The van der Waals surface area contributed by atoms with Crippen molar-refractivity contribution in [1.29, 1.82) is 0 Å². The van der Waals surface area contributed by atoms with Crippen LogP contribution in [0.1, 0.15) is 50.7 Å². The zero-order valence-electron chi connectivity index (χ0n) is 19.1. The molecule has 0 atom stereocenters. The van der Waals surface area contributed by atoms with Crippen molar-refractivity contribution in [3.63, 3.8) is 0 Å². The number of hydrogen-bond donors (Lipinski definition) is 3. The van der Waals surface area contributed by atoms with E-state index in [-0.39, 0.29) is 16.1 Å². The van der Waals surface area contributed by atoms with E-state index < -0.39 is 0 Å². The maximum absolute atomic E-state index is 11.6. The monoisotopic (exact) mass is 439 g/mol. The largest absolute Gasteiger partial charge is 0.379 e. The van der Waals surface area contributed by atoms with E-state index in [0.717, 1.165) is 19.4 Å². The standard InChI is InChI=1S/C21H43N3O6.3H2/c1-4-6-20(25)24-10-12-28-14-16-30-18-17-29-15-13-27-11-7-21(26)23-9-5-8-22-19(2)3;;;/h19,22H,4-18H2,1-3H3,(H,23,26)(H,24,25);3*1H. The second-order valence-corrected chi connectivity index (χ2v) is 7.11. The third-order valence-electron chi connectivity index (χ3n) is 3.86. The average molecular weight is 440 g/mol. The van der Waals surface area contributed by atoms with Gasteiger partial charge in [0.25, 0.3) is 0 Å². The quantitative estimate of drug-likeness (QED) is 0.220. The van der Waals surface area contributed by atoms with Gasteiger partial charge in [0.05, 0.1) is 52.9 Å². The first-order valence-electron chi connectivity index (χ1n) is 11.1. The molecule has 0 aromatic heterocycles. The highest BCUT2D eigenvalue weighted by Gasteiger charge is 2.01. The molecule has 30 heavy (non-hydrogen) atoms. The van der Waals surface area contributed by atoms with Crippen molar-refractivity contribution in [3.05, 3.63) is 0 Å². The van der Waals surface area contributed by atoms with Gasteiger partial charge < -0.3 is 34.9 Å². The van der Waals surface area contributed by atoms with Gasteiger partial charge in [0.2, 0.25) is 11.8 Å². The van der Waals surface area contributed by atoms with E-state index >= 15 is 0 Å². The molecular formula is C21H49N3O6. The highest BCUT2D eigenvalue weighted by molar-refractivity contribution is 5.76. The van der Waals surface area contributed by atoms with Gasteiger partial charge in [-0.3, -0.25) is 9.59 Å². The molecule has 0 saturated carbocycles. The van der Waals surface area contributed by atoms with E-state index in [0.29, 0.717) is 84.8 Å². The summed E-state index contributed by atoms with van der Waals surface area (Å²) < 4.78 is 21.5. The zero-order chi connectivity index (χ0) is 22.3. The number of amides is 2. The molecule has 9 nitrogen and oxygen atoms in total. The summed E-state index contributed by atoms with van der Waals surface area (Å²) in [6, 6.07) is 0.471. The molecule has 9 heteroatoms. The van der Waals surface area contributed by atoms with Crippen molar-refractivity contribution in [2.45, 2.75) is 52.5 Å². The molecule has 0 bridgehead atoms. The smallest absolute Gasteiger partial charge is 0.222 e. The van der Waals surface area contributed by atoms with Crippen molar-refractivity contribution in [3.8, 4) is 0 Å². The summed E-state index contributed by atoms with van der Waals surface area (Å²) in [5, 5.41) is 8.97. The van der Waals surface area contributed by atoms with Gasteiger partial charge in [0, 0.05) is 36.3 Å². The van der Waals surface area contributed by atoms with Gasteiger partial charge in [0.1, 0.15) is 0 Å². The third kappa shape index (κ3) is 23.0. The van der Waals surface area contributed by atoms with Crippen LogP contribution in [0.3, 0.4) is 0 Å². The average Bonchev–Trinajstić information content (AvgIpc) is 2.70. The predicted octanol–water partition coefficient (Wildman–Crippen LogP) is 1.60. The fraction of sp³-hybridized carbons (Fsp3) is 0.905. The van der Waals surface area contributed by atoms with Crippen LogP contribution in [0.5, 0.6) is 0 Å². The minimum absolute atomic E-state index is 0. The molecule has 0 aromatic rings. The van der Waals surface area contributed by atoms with Gasteiger partial charge in [-0.2, -0.15) is 0 Å². The number of carbonyl (C=O) groups is 2. The molecular weight excluding hydrogens is 390 g/mol. The van der Waals surface area contributed by atoms with Gasteiger partial charge in [0.15, 0.2) is 0 Å². The Hall–Kier alpha value is -1.26. The highest BCUT2D eigenvalue weighted by atomic mass is 16.6. The lowest BCUT2D eigenvalue weighted by molar-refractivity contribution is -0.122. The first-order valence-corrected chi connectivity index (χ1v) is 11.1. The molecule has 0 radical (unpaired) electrons. The van der Waals surface area contributed by atoms with Gasteiger partial charge in [-0.1, -0.05) is 20.8 Å². The maximum Gasteiger partial charge on any atom is 0.222 e. The summed E-state index contributed by atoms with van der Waals surface area (Å²) in [5.41, 5.74) is 0. The number of hydrogen-bond acceptors (Lipinski definition) is 7. The van der Waals surface area contributed by atoms with E-state index in [4.69, 9.17) is 18.9 Å². The fourth-order valence-electron chi connectivity index (χ4n) is 2.30. The highest BCUT2D eigenvalue weighted by Crippen LogP contribution is 1.87. The van der Waals surface area contributed by atoms with Crippen molar-refractivity contribution < 1.29 is 32.8 Å². The van der Waals surface area contributed by atoms with Crippen LogP contribution >= 0.6 is 0 Å². The normalized spacial score (nSPS) is 11.1. The molecule has 0 unspecified atom stereocenters. The van der Waals surface area contributed by atoms with Crippen molar-refractivity contribution in [1.82, 2.24) is 16.0 Å². The van der Waals surface area contributed by atoms with Gasteiger partial charge in [-0.05, 0) is 19.4 Å². The van der Waals surface area contributed by atoms with Crippen LogP contribution in [0.4, 0.5) is 0 Å². The lowest BCUT2D eigenvalue weighted by Gasteiger charge is -2.09. The molecule has 184 valence electrons. The zero-order valence-corrected chi connectivity index (χ0v) is 19.1. The molecule has 0 aromatic carbocycles. The summed E-state index contributed by atoms with van der Waals surface area (Å²) in [6.45, 7) is 12.1. The van der Waals surface area contributed by atoms with Gasteiger partial charge in [-0.25, -0.2) is 0 Å². The summed E-state index contributed by atoms with van der Waals surface area (Å²) >= 11 is 0. The van der Waals surface area contributed by atoms with E-state index in [1.807, 2.05) is 6.92 Å². The summed E-state index contributed by atoms with van der Waals surface area (Å²) in [7, 11) is 0. The Morgan fingerprint density at radius 3 is 1.77 bits per heavy atom. The molecule has 0 aliphatic carbocycles. The Balaban J connectivity index is -0.00000140. The van der Waals surface area contributed by atoms with Crippen molar-refractivity contribution >= 4 is 11.8 Å². The second kappa shape index (κ2) is 22.4. The van der Waals surface area contributed by atoms with Crippen LogP contribution in [0.25, 0.3) is 0 Å². The van der Waals surface area contributed by atoms with E-state index in [1.165, 1.54) is 0 Å². The second-order valence-electron chi connectivity index (χ2n) is 7.11. The number of carbonyl (C=O) groups excluding carboxylic acids is 2. The van der Waals surface area contributed by atoms with Crippen LogP contribution in [0.2, 0.25) is 0 Å². The Bertz CT molecular complexity index is 425. The topological polar surface area (TPSA) is 107 Å². The maximum atomic E-state index is 11.6. The first kappa shape index (κ1) is 28.7. The van der Waals surface area contributed by atoms with Crippen LogP contribution in [-0.2, 0) is 28.5 Å². The molecule has 0 rings (SSSR count). The summed E-state index contributed by atoms with van der Waals surface area (Å²) in [4.78, 5) is 22.9. The van der Waals surface area contributed by atoms with Crippen LogP contribution < -0.4 is 16.0 Å². The van der Waals surface area contributed by atoms with Crippen LogP contribution in [0, 0.1) is 0 Å². The molecule has 0 aliphatic rings. The Morgan fingerprint density at radius 2 is 1.20 bits per heavy atom. The molecule has 0 aliphatic heterocycles. The number of nitrogens with one attached hydrogen (secondary N) is 3. The number of rotatable bonds is 22. The van der Waals surface area contributed by atoms with Crippen LogP contribution in [0.15, 0.2) is 0 Å². The van der Waals surface area contributed by atoms with E-state index in [2.05, 4.69) is 29.8 Å². The minimum Gasteiger partial charge on any atom is -0.379 e. The van der Waals surface area contributed by atoms with Crippen LogP contribution in [-0.4, -0.2) is 90.3 Å². The molecule has 0 saturated heterocycles. The molecule has 0 heterocycles. The summed E-state index contributed by atoms with van der Waals surface area (Å²) in [5.74, 6) is 0.0754. The lowest BCUT2D eigenvalue weighted by atomic mass is 10.3. The summed E-state index contributed by atoms with van der Waals surface area (Å²) in [6.07, 6.45) is 2.69.